The Morgan fingerprint density at radius 3 is 2.64 bits per heavy atom. The van der Waals surface area contributed by atoms with Crippen LogP contribution in [0, 0.1) is 0 Å². The van der Waals surface area contributed by atoms with Gasteiger partial charge in [-0.15, -0.1) is 0 Å². The van der Waals surface area contributed by atoms with E-state index < -0.39 is 9.84 Å². The predicted octanol–water partition coefficient (Wildman–Crippen LogP) is 0.777. The van der Waals surface area contributed by atoms with Gasteiger partial charge in [-0.05, 0) is 52.5 Å². The lowest BCUT2D eigenvalue weighted by atomic mass is 10.2. The zero-order chi connectivity index (χ0) is 18.4. The summed E-state index contributed by atoms with van der Waals surface area (Å²) < 4.78 is 23.4. The van der Waals surface area contributed by atoms with E-state index in [1.807, 2.05) is 25.9 Å². The van der Waals surface area contributed by atoms with Crippen molar-refractivity contribution in [3.05, 3.63) is 23.9 Å². The van der Waals surface area contributed by atoms with E-state index in [1.165, 1.54) is 0 Å². The van der Waals surface area contributed by atoms with Crippen molar-refractivity contribution in [2.75, 3.05) is 50.1 Å². The molecule has 2 rings (SSSR count). The number of carbonyl (C=O) groups excluding carboxylic acids is 1. The van der Waals surface area contributed by atoms with Crippen LogP contribution in [0.2, 0.25) is 0 Å². The van der Waals surface area contributed by atoms with Crippen LogP contribution in [0.15, 0.2) is 18.3 Å². The number of nitrogens with one attached hydrogen (secondary N) is 1. The maximum absolute atomic E-state index is 12.1. The first-order valence-electron chi connectivity index (χ1n) is 8.68. The average Bonchev–Trinajstić information content (AvgIpc) is 2.92. The molecule has 0 spiro atoms. The minimum absolute atomic E-state index is 0.0341. The molecular formula is C17H28N4O3S. The van der Waals surface area contributed by atoms with Crippen LogP contribution in [0.5, 0.6) is 0 Å². The van der Waals surface area contributed by atoms with Crippen LogP contribution in [0.25, 0.3) is 0 Å². The number of nitrogens with zero attached hydrogens (tertiary/aromatic N) is 3. The molecule has 1 saturated heterocycles. The molecule has 0 radical (unpaired) electrons. The number of hydrogen-bond acceptors (Lipinski definition) is 6. The third-order valence-electron chi connectivity index (χ3n) is 4.36. The number of hydrogen-bond donors (Lipinski definition) is 1. The maximum Gasteiger partial charge on any atom is 0.252 e. The zero-order valence-electron chi connectivity index (χ0n) is 15.2. The number of sulfone groups is 1. The number of amides is 1. The molecule has 1 fully saturated rings. The van der Waals surface area contributed by atoms with Gasteiger partial charge in [0.05, 0.1) is 17.1 Å². The molecule has 1 aromatic rings. The highest BCUT2D eigenvalue weighted by Crippen LogP contribution is 2.22. The van der Waals surface area contributed by atoms with Crippen molar-refractivity contribution in [3.63, 3.8) is 0 Å². The molecule has 0 aliphatic carbocycles. The maximum atomic E-state index is 12.1. The standard InChI is InChI=1S/C17H28N4O3S/c1-4-21(15-8-11-25(23,24)13-15)16-7-6-14(12-19-16)17(22)18-9-5-10-20(2)3/h6-7,12,15H,4-5,8-11,13H2,1-3H3,(H,18,22). The van der Waals surface area contributed by atoms with Crippen molar-refractivity contribution >= 4 is 21.6 Å². The second-order valence-electron chi connectivity index (χ2n) is 6.66. The van der Waals surface area contributed by atoms with E-state index in [4.69, 9.17) is 0 Å². The Morgan fingerprint density at radius 1 is 1.36 bits per heavy atom. The highest BCUT2D eigenvalue weighted by molar-refractivity contribution is 7.91. The van der Waals surface area contributed by atoms with Crippen molar-refractivity contribution in [2.45, 2.75) is 25.8 Å². The Morgan fingerprint density at radius 2 is 2.12 bits per heavy atom. The van der Waals surface area contributed by atoms with E-state index in [2.05, 4.69) is 15.2 Å². The first kappa shape index (κ1) is 19.7. The molecule has 0 aromatic carbocycles. The quantitative estimate of drug-likeness (QED) is 0.683. The average molecular weight is 369 g/mol. The summed E-state index contributed by atoms with van der Waals surface area (Å²) >= 11 is 0. The lowest BCUT2D eigenvalue weighted by Crippen LogP contribution is -2.36. The predicted molar refractivity (Wildman–Crippen MR) is 99.8 cm³/mol. The van der Waals surface area contributed by atoms with Gasteiger partial charge in [0, 0.05) is 25.3 Å². The SMILES string of the molecule is CCN(c1ccc(C(=O)NCCCN(C)C)cn1)C1CCS(=O)(=O)C1. The van der Waals surface area contributed by atoms with Crippen LogP contribution in [0.4, 0.5) is 5.82 Å². The Hall–Kier alpha value is -1.67. The molecule has 25 heavy (non-hydrogen) atoms. The van der Waals surface area contributed by atoms with Gasteiger partial charge in [0.1, 0.15) is 5.82 Å². The van der Waals surface area contributed by atoms with Gasteiger partial charge in [0.2, 0.25) is 0 Å². The van der Waals surface area contributed by atoms with Crippen molar-refractivity contribution in [2.24, 2.45) is 0 Å². The number of carbonyl (C=O) groups is 1. The minimum Gasteiger partial charge on any atom is -0.353 e. The van der Waals surface area contributed by atoms with E-state index >= 15 is 0 Å². The molecule has 1 N–H and O–H groups in total. The highest BCUT2D eigenvalue weighted by Gasteiger charge is 2.32. The van der Waals surface area contributed by atoms with Gasteiger partial charge in [-0.25, -0.2) is 13.4 Å². The van der Waals surface area contributed by atoms with Crippen molar-refractivity contribution in [3.8, 4) is 0 Å². The fourth-order valence-electron chi connectivity index (χ4n) is 3.02. The summed E-state index contributed by atoms with van der Waals surface area (Å²) in [4.78, 5) is 20.6. The van der Waals surface area contributed by atoms with Gasteiger partial charge in [0.25, 0.3) is 5.91 Å². The zero-order valence-corrected chi connectivity index (χ0v) is 16.1. The van der Waals surface area contributed by atoms with E-state index in [-0.39, 0.29) is 23.5 Å². The van der Waals surface area contributed by atoms with Gasteiger partial charge in [0.15, 0.2) is 9.84 Å². The summed E-state index contributed by atoms with van der Waals surface area (Å²) in [5, 5.41) is 2.88. The molecule has 1 atom stereocenters. The van der Waals surface area contributed by atoms with Crippen molar-refractivity contribution in [1.82, 2.24) is 15.2 Å². The summed E-state index contributed by atoms with van der Waals surface area (Å²) in [7, 11) is 1.06. The fraction of sp³-hybridized carbons (Fsp3) is 0.647. The normalized spacial score (nSPS) is 19.1. The number of anilines is 1. The van der Waals surface area contributed by atoms with Crippen LogP contribution < -0.4 is 10.2 Å². The summed E-state index contributed by atoms with van der Waals surface area (Å²) in [6.45, 7) is 4.22. The van der Waals surface area contributed by atoms with Crippen LogP contribution in [-0.2, 0) is 9.84 Å². The van der Waals surface area contributed by atoms with Crippen molar-refractivity contribution in [1.29, 1.82) is 0 Å². The Balaban J connectivity index is 1.95. The number of rotatable bonds is 8. The lowest BCUT2D eigenvalue weighted by molar-refractivity contribution is 0.0952. The first-order chi connectivity index (χ1) is 11.8. The Kier molecular flexibility index (Phi) is 6.78. The van der Waals surface area contributed by atoms with Crippen LogP contribution in [0.3, 0.4) is 0 Å². The van der Waals surface area contributed by atoms with E-state index in [1.54, 1.807) is 18.3 Å². The molecule has 0 bridgehead atoms. The van der Waals surface area contributed by atoms with Gasteiger partial charge >= 0.3 is 0 Å². The molecule has 1 aromatic heterocycles. The minimum atomic E-state index is -2.94. The number of aromatic nitrogens is 1. The molecule has 1 aliphatic rings. The molecule has 1 unspecified atom stereocenters. The van der Waals surface area contributed by atoms with Crippen molar-refractivity contribution < 1.29 is 13.2 Å². The lowest BCUT2D eigenvalue weighted by Gasteiger charge is -2.27. The van der Waals surface area contributed by atoms with E-state index in [0.29, 0.717) is 30.9 Å². The van der Waals surface area contributed by atoms with Gasteiger partial charge in [-0.2, -0.15) is 0 Å². The van der Waals surface area contributed by atoms with Gasteiger partial charge in [-0.3, -0.25) is 4.79 Å². The molecule has 8 heteroatoms. The van der Waals surface area contributed by atoms with Crippen LogP contribution >= 0.6 is 0 Å². The second-order valence-corrected chi connectivity index (χ2v) is 8.89. The van der Waals surface area contributed by atoms with E-state index in [9.17, 15) is 13.2 Å². The largest absolute Gasteiger partial charge is 0.353 e. The van der Waals surface area contributed by atoms with Gasteiger partial charge in [-0.1, -0.05) is 0 Å². The first-order valence-corrected chi connectivity index (χ1v) is 10.5. The van der Waals surface area contributed by atoms with Crippen LogP contribution in [0.1, 0.15) is 30.1 Å². The molecule has 2 heterocycles. The molecule has 140 valence electrons. The number of pyridine rings is 1. The molecular weight excluding hydrogens is 340 g/mol. The summed E-state index contributed by atoms with van der Waals surface area (Å²) in [6.07, 6.45) is 3.08. The van der Waals surface area contributed by atoms with Crippen LogP contribution in [-0.4, -0.2) is 75.5 Å². The molecule has 0 saturated carbocycles. The highest BCUT2D eigenvalue weighted by atomic mass is 32.2. The monoisotopic (exact) mass is 368 g/mol. The topological polar surface area (TPSA) is 82.6 Å². The van der Waals surface area contributed by atoms with E-state index in [0.717, 1.165) is 13.0 Å². The Bertz CT molecular complexity index is 674. The molecule has 1 aliphatic heterocycles. The summed E-state index contributed by atoms with van der Waals surface area (Å²) in [6, 6.07) is 3.51. The fourth-order valence-corrected chi connectivity index (χ4v) is 4.75. The third kappa shape index (κ3) is 5.67. The smallest absolute Gasteiger partial charge is 0.252 e. The van der Waals surface area contributed by atoms with Gasteiger partial charge < -0.3 is 15.1 Å². The Labute approximate surface area is 150 Å². The summed E-state index contributed by atoms with van der Waals surface area (Å²) in [5.74, 6) is 0.996. The molecule has 7 nitrogen and oxygen atoms in total. The second kappa shape index (κ2) is 8.62. The molecule has 1 amide bonds. The third-order valence-corrected chi connectivity index (χ3v) is 6.11. The summed E-state index contributed by atoms with van der Waals surface area (Å²) in [5.41, 5.74) is 0.517.